The van der Waals surface area contributed by atoms with Gasteiger partial charge in [0.05, 0.1) is 0 Å². The molecule has 0 atom stereocenters. The maximum absolute atomic E-state index is 3.38. The summed E-state index contributed by atoms with van der Waals surface area (Å²) in [4.78, 5) is 0. The first-order valence-corrected chi connectivity index (χ1v) is 1.000. The molecule has 0 rings (SSSR count). The second-order valence-electron chi connectivity index (χ2n) is 0.354. The minimum Gasteiger partial charge on any atom is -0.372 e. The summed E-state index contributed by atoms with van der Waals surface area (Å²) in [7, 11) is 0. The molecule has 0 aromatic heterocycles. The zero-order valence-electron chi connectivity index (χ0n) is 4.12. The quantitative estimate of drug-likeness (QED) is 0.205. The molecule has 0 aliphatic rings. The van der Waals surface area contributed by atoms with Gasteiger partial charge in [-0.3, -0.25) is 0 Å². The van der Waals surface area contributed by atoms with Gasteiger partial charge in [0.25, 0.3) is 0 Å². The molecule has 0 fully saturated rings. The maximum atomic E-state index is 3.38. The summed E-state index contributed by atoms with van der Waals surface area (Å²) in [6.07, 6.45) is 0.750. The standard InChI is InChI=1S/C3H6.2Na/c1-3-2;;/h1-3H2;;/q-2;2*+1. The van der Waals surface area contributed by atoms with Gasteiger partial charge in [-0.1, -0.05) is 0 Å². The van der Waals surface area contributed by atoms with Gasteiger partial charge in [-0.05, 0) is 0 Å². The Balaban J connectivity index is -0.0000000200. The minimum absolute atomic E-state index is 0. The molecule has 20 valence electrons. The molecule has 0 aliphatic carbocycles. The van der Waals surface area contributed by atoms with Crippen molar-refractivity contribution < 1.29 is 59.1 Å². The molecule has 0 N–H and O–H groups in total. The van der Waals surface area contributed by atoms with Crippen LogP contribution < -0.4 is 59.1 Å². The molecule has 0 heterocycles. The maximum Gasteiger partial charge on any atom is 1.00 e. The van der Waals surface area contributed by atoms with Crippen molar-refractivity contribution in [1.82, 2.24) is 0 Å². The molecule has 0 spiro atoms. The van der Waals surface area contributed by atoms with Crippen molar-refractivity contribution >= 4 is 0 Å². The van der Waals surface area contributed by atoms with Crippen LogP contribution in [0.5, 0.6) is 0 Å². The Morgan fingerprint density at radius 2 is 1.00 bits per heavy atom. The van der Waals surface area contributed by atoms with Gasteiger partial charge in [-0.15, -0.1) is 0 Å². The van der Waals surface area contributed by atoms with Crippen LogP contribution in [0, 0.1) is 13.8 Å². The summed E-state index contributed by atoms with van der Waals surface area (Å²) < 4.78 is 0. The van der Waals surface area contributed by atoms with Crippen molar-refractivity contribution in [1.29, 1.82) is 0 Å². The molecule has 0 amide bonds. The van der Waals surface area contributed by atoms with Gasteiger partial charge in [0.2, 0.25) is 0 Å². The van der Waals surface area contributed by atoms with Crippen molar-refractivity contribution in [2.75, 3.05) is 0 Å². The van der Waals surface area contributed by atoms with Crippen molar-refractivity contribution in [2.24, 2.45) is 0 Å². The molecule has 0 unspecified atom stereocenters. The summed E-state index contributed by atoms with van der Waals surface area (Å²) in [6.45, 7) is 6.75. The van der Waals surface area contributed by atoms with Gasteiger partial charge in [-0.2, -0.15) is 0 Å². The molecular formula is C3H6Na2. The van der Waals surface area contributed by atoms with E-state index in [0.717, 1.165) is 6.42 Å². The van der Waals surface area contributed by atoms with Crippen molar-refractivity contribution in [3.63, 3.8) is 0 Å². The topological polar surface area (TPSA) is 0 Å². The first-order chi connectivity index (χ1) is 1.41. The van der Waals surface area contributed by atoms with E-state index >= 15 is 0 Å². The molecule has 0 aromatic rings. The number of hydrogen-bond donors (Lipinski definition) is 0. The van der Waals surface area contributed by atoms with E-state index in [9.17, 15) is 0 Å². The molecule has 0 saturated carbocycles. The SMILES string of the molecule is [CH2-]C[CH2-].[Na+].[Na+]. The molecule has 0 aliphatic heterocycles. The summed E-state index contributed by atoms with van der Waals surface area (Å²) in [6, 6.07) is 0. The molecular weight excluding hydrogens is 82.0 g/mol. The summed E-state index contributed by atoms with van der Waals surface area (Å²) >= 11 is 0. The average molecular weight is 88.1 g/mol. The van der Waals surface area contributed by atoms with Gasteiger partial charge in [0.1, 0.15) is 0 Å². The fourth-order valence-electron chi connectivity index (χ4n) is 0. The number of rotatable bonds is 0. The van der Waals surface area contributed by atoms with Crippen LogP contribution in [0.25, 0.3) is 0 Å². The minimum atomic E-state index is 0. The van der Waals surface area contributed by atoms with Gasteiger partial charge in [0.15, 0.2) is 0 Å². The van der Waals surface area contributed by atoms with E-state index in [1.165, 1.54) is 0 Å². The first-order valence-electron chi connectivity index (χ1n) is 1.000. The van der Waals surface area contributed by atoms with Crippen molar-refractivity contribution in [2.45, 2.75) is 6.42 Å². The molecule has 2 heteroatoms. The van der Waals surface area contributed by atoms with Crippen LogP contribution in [0.1, 0.15) is 6.42 Å². The fourth-order valence-corrected chi connectivity index (χ4v) is 0. The fraction of sp³-hybridized carbons (Fsp3) is 0.333. The van der Waals surface area contributed by atoms with Gasteiger partial charge < -0.3 is 20.3 Å². The largest absolute Gasteiger partial charge is 1.00 e. The van der Waals surface area contributed by atoms with E-state index in [2.05, 4.69) is 13.8 Å². The first kappa shape index (κ1) is 15.8. The zero-order valence-corrected chi connectivity index (χ0v) is 8.12. The predicted molar refractivity (Wildman–Crippen MR) is 15.3 cm³/mol. The van der Waals surface area contributed by atoms with Crippen molar-refractivity contribution in [3.8, 4) is 0 Å². The van der Waals surface area contributed by atoms with E-state index < -0.39 is 0 Å². The van der Waals surface area contributed by atoms with Crippen LogP contribution in [-0.2, 0) is 0 Å². The van der Waals surface area contributed by atoms with E-state index in [1.807, 2.05) is 0 Å². The molecule has 0 radical (unpaired) electrons. The van der Waals surface area contributed by atoms with E-state index in [-0.39, 0.29) is 59.1 Å². The van der Waals surface area contributed by atoms with Gasteiger partial charge >= 0.3 is 59.1 Å². The molecule has 0 bridgehead atoms. The van der Waals surface area contributed by atoms with Crippen molar-refractivity contribution in [3.05, 3.63) is 13.8 Å². The van der Waals surface area contributed by atoms with Crippen LogP contribution in [0.4, 0.5) is 0 Å². The summed E-state index contributed by atoms with van der Waals surface area (Å²) in [5.74, 6) is 0. The number of hydrogen-bond acceptors (Lipinski definition) is 0. The Labute approximate surface area is 78.3 Å². The average Bonchev–Trinajstić information content (AvgIpc) is 0.918. The Bertz CT molecular complexity index is 4.85. The molecule has 0 aromatic carbocycles. The van der Waals surface area contributed by atoms with Gasteiger partial charge in [0, 0.05) is 0 Å². The molecule has 0 nitrogen and oxygen atoms in total. The molecule has 5 heavy (non-hydrogen) atoms. The summed E-state index contributed by atoms with van der Waals surface area (Å²) in [5, 5.41) is 0. The Kier molecular flexibility index (Phi) is 52.5. The van der Waals surface area contributed by atoms with Crippen LogP contribution >= 0.6 is 0 Å². The summed E-state index contributed by atoms with van der Waals surface area (Å²) in [5.41, 5.74) is 0. The second kappa shape index (κ2) is 16.7. The Morgan fingerprint density at radius 3 is 1.00 bits per heavy atom. The van der Waals surface area contributed by atoms with Crippen LogP contribution in [0.2, 0.25) is 0 Å². The van der Waals surface area contributed by atoms with Crippen LogP contribution in [-0.4, -0.2) is 0 Å². The normalized spacial score (nSPS) is 3.60. The van der Waals surface area contributed by atoms with E-state index in [1.54, 1.807) is 0 Å². The third-order valence-corrected chi connectivity index (χ3v) is 0. The van der Waals surface area contributed by atoms with Gasteiger partial charge in [-0.25, -0.2) is 0 Å². The molecule has 0 saturated heterocycles. The van der Waals surface area contributed by atoms with Crippen LogP contribution in [0.15, 0.2) is 0 Å². The Morgan fingerprint density at radius 1 is 1.00 bits per heavy atom. The van der Waals surface area contributed by atoms with E-state index in [4.69, 9.17) is 0 Å². The smallest absolute Gasteiger partial charge is 0.372 e. The zero-order chi connectivity index (χ0) is 2.71. The predicted octanol–water partition coefficient (Wildman–Crippen LogP) is -4.95. The third-order valence-electron chi connectivity index (χ3n) is 0. The second-order valence-corrected chi connectivity index (χ2v) is 0.354. The van der Waals surface area contributed by atoms with E-state index in [0.29, 0.717) is 0 Å². The van der Waals surface area contributed by atoms with Crippen LogP contribution in [0.3, 0.4) is 0 Å². The third kappa shape index (κ3) is 24.0. The monoisotopic (exact) mass is 88.0 g/mol. The Hall–Kier alpha value is 2.00.